The lowest BCUT2D eigenvalue weighted by Crippen LogP contribution is -2.49. The molecule has 2 N–H and O–H groups in total. The van der Waals surface area contributed by atoms with E-state index in [2.05, 4.69) is 53.7 Å². The molecule has 3 amide bonds. The number of aromatic nitrogens is 1. The number of hydrogen-bond donors (Lipinski definition) is 2. The van der Waals surface area contributed by atoms with Crippen molar-refractivity contribution in [2.45, 2.75) is 91.0 Å². The highest BCUT2D eigenvalue weighted by atomic mass is 32.1. The van der Waals surface area contributed by atoms with E-state index in [1.807, 2.05) is 86.0 Å². The number of nitrogens with zero attached hydrogens (tertiary/aromatic N) is 2. The van der Waals surface area contributed by atoms with E-state index < -0.39 is 12.1 Å². The monoisotopic (exact) mass is 696 g/mol. The zero-order valence-corrected chi connectivity index (χ0v) is 30.8. The average molecular weight is 697 g/mol. The minimum absolute atomic E-state index is 0.00524. The molecule has 9 heteroatoms. The maximum atomic E-state index is 14.0. The molecule has 3 atom stereocenters. The van der Waals surface area contributed by atoms with Gasteiger partial charge < -0.3 is 20.3 Å². The Balaban J connectivity index is 1.43. The van der Waals surface area contributed by atoms with Gasteiger partial charge in [-0.05, 0) is 54.2 Å². The van der Waals surface area contributed by atoms with Gasteiger partial charge in [0.05, 0.1) is 23.3 Å². The Hall–Kier alpha value is -4.50. The second-order valence-corrected chi connectivity index (χ2v) is 14.6. The summed E-state index contributed by atoms with van der Waals surface area (Å²) in [6, 6.07) is 28.7. The van der Waals surface area contributed by atoms with Crippen molar-refractivity contribution < 1.29 is 19.1 Å². The van der Waals surface area contributed by atoms with Crippen LogP contribution in [-0.4, -0.2) is 46.9 Å². The number of hydrogen-bond acceptors (Lipinski definition) is 6. The minimum atomic E-state index is -0.629. The third-order valence-corrected chi connectivity index (χ3v) is 9.94. The summed E-state index contributed by atoms with van der Waals surface area (Å²) in [6.07, 6.45) is 2.56. The summed E-state index contributed by atoms with van der Waals surface area (Å²) in [5.41, 5.74) is 4.02. The number of alkyl carbamates (subject to hydrolysis) is 1. The quantitative estimate of drug-likeness (QED) is 0.109. The van der Waals surface area contributed by atoms with Crippen LogP contribution in [0.3, 0.4) is 0 Å². The van der Waals surface area contributed by atoms with Gasteiger partial charge in [-0.25, -0.2) is 14.6 Å². The smallest absolute Gasteiger partial charge is 0.407 e. The summed E-state index contributed by atoms with van der Waals surface area (Å²) in [6.45, 7) is 8.69. The molecule has 0 aliphatic heterocycles. The fraction of sp³-hybridized carbons (Fsp3) is 0.415. The number of ether oxygens (including phenoxy) is 1. The largest absolute Gasteiger partial charge is 0.445 e. The fourth-order valence-electron chi connectivity index (χ4n) is 5.96. The number of ketones is 1. The van der Waals surface area contributed by atoms with Crippen LogP contribution in [0.25, 0.3) is 0 Å². The number of carbonyl (C=O) groups is 3. The first kappa shape index (κ1) is 38.3. The molecule has 0 radical (unpaired) electrons. The van der Waals surface area contributed by atoms with Crippen molar-refractivity contribution in [2.24, 2.45) is 11.8 Å². The molecule has 3 aromatic carbocycles. The van der Waals surface area contributed by atoms with Gasteiger partial charge in [-0.15, -0.1) is 11.3 Å². The highest BCUT2D eigenvalue weighted by molar-refractivity contribution is 7.09. The zero-order valence-electron chi connectivity index (χ0n) is 30.0. The molecule has 1 aromatic heterocycles. The van der Waals surface area contributed by atoms with Gasteiger partial charge in [-0.3, -0.25) is 4.79 Å². The number of Topliss-reactive ketones (excluding diaryl/α,β-unsaturated/α-hetero) is 1. The van der Waals surface area contributed by atoms with Gasteiger partial charge in [0.25, 0.3) is 0 Å². The van der Waals surface area contributed by atoms with Crippen LogP contribution in [0.5, 0.6) is 0 Å². The number of thiazole rings is 1. The standard InChI is InChI=1S/C41H52N4O4S/c1-29(2)38(44-40(47)45(5)26-36-28-50-39(42-36)30(3)4)37(46)25-34(23-31-15-9-6-10-16-31)21-22-35(24-32-17-11-7-12-18-32)43-41(48)49-27-33-19-13-8-14-20-33/h6-20,28-30,34-35,38H,21-27H2,1-5H3,(H,43,48)(H,44,47)/t34-,35-,38+/m1/s1. The lowest BCUT2D eigenvalue weighted by atomic mass is 9.85. The van der Waals surface area contributed by atoms with Crippen molar-refractivity contribution in [3.05, 3.63) is 124 Å². The summed E-state index contributed by atoms with van der Waals surface area (Å²) in [7, 11) is 1.73. The van der Waals surface area contributed by atoms with E-state index in [1.165, 1.54) is 0 Å². The van der Waals surface area contributed by atoms with Gasteiger partial charge in [0.15, 0.2) is 5.78 Å². The number of urea groups is 1. The number of benzene rings is 3. The minimum Gasteiger partial charge on any atom is -0.445 e. The second-order valence-electron chi connectivity index (χ2n) is 13.8. The lowest BCUT2D eigenvalue weighted by molar-refractivity contribution is -0.122. The van der Waals surface area contributed by atoms with Crippen molar-refractivity contribution >= 4 is 29.2 Å². The predicted molar refractivity (Wildman–Crippen MR) is 201 cm³/mol. The van der Waals surface area contributed by atoms with Crippen LogP contribution in [0.1, 0.15) is 80.3 Å². The number of nitrogens with one attached hydrogen (secondary N) is 2. The summed E-state index contributed by atoms with van der Waals surface area (Å²) in [5.74, 6) is 0.257. The van der Waals surface area contributed by atoms with Gasteiger partial charge in [0.1, 0.15) is 6.61 Å². The summed E-state index contributed by atoms with van der Waals surface area (Å²) >= 11 is 1.60. The first-order chi connectivity index (χ1) is 24.1. The molecule has 0 aliphatic rings. The average Bonchev–Trinajstić information content (AvgIpc) is 3.58. The van der Waals surface area contributed by atoms with Crippen LogP contribution in [0.4, 0.5) is 9.59 Å². The van der Waals surface area contributed by atoms with E-state index in [0.29, 0.717) is 44.6 Å². The van der Waals surface area contributed by atoms with E-state index in [0.717, 1.165) is 27.4 Å². The highest BCUT2D eigenvalue weighted by Gasteiger charge is 2.28. The summed E-state index contributed by atoms with van der Waals surface area (Å²) in [5, 5.41) is 9.16. The van der Waals surface area contributed by atoms with Crippen LogP contribution >= 0.6 is 11.3 Å². The Morgan fingerprint density at radius 1 is 0.780 bits per heavy atom. The third kappa shape index (κ3) is 12.8. The van der Waals surface area contributed by atoms with Crippen LogP contribution in [0.2, 0.25) is 0 Å². The first-order valence-electron chi connectivity index (χ1n) is 17.6. The molecule has 0 spiro atoms. The summed E-state index contributed by atoms with van der Waals surface area (Å²) < 4.78 is 5.57. The maximum Gasteiger partial charge on any atom is 0.407 e. The van der Waals surface area contributed by atoms with E-state index in [4.69, 9.17) is 4.74 Å². The number of amides is 3. The topological polar surface area (TPSA) is 101 Å². The molecule has 8 nitrogen and oxygen atoms in total. The fourth-order valence-corrected chi connectivity index (χ4v) is 6.79. The lowest BCUT2D eigenvalue weighted by Gasteiger charge is -2.27. The van der Waals surface area contributed by atoms with Gasteiger partial charge in [0.2, 0.25) is 0 Å². The molecule has 0 aliphatic carbocycles. The van der Waals surface area contributed by atoms with E-state index in [9.17, 15) is 14.4 Å². The van der Waals surface area contributed by atoms with E-state index >= 15 is 0 Å². The SMILES string of the molecule is CC(C)c1nc(CN(C)C(=O)N[C@H](C(=O)C[C@H](CC[C@H](Cc2ccccc2)NC(=O)OCc2ccccc2)Cc2ccccc2)C(C)C)cs1. The van der Waals surface area contributed by atoms with Crippen LogP contribution in [0.15, 0.2) is 96.4 Å². The molecular weight excluding hydrogens is 645 g/mol. The Morgan fingerprint density at radius 3 is 1.92 bits per heavy atom. The second kappa shape index (κ2) is 19.6. The highest BCUT2D eigenvalue weighted by Crippen LogP contribution is 2.24. The van der Waals surface area contributed by atoms with E-state index in [-0.39, 0.29) is 36.3 Å². The van der Waals surface area contributed by atoms with Gasteiger partial charge in [0, 0.05) is 30.8 Å². The molecule has 4 rings (SSSR count). The van der Waals surface area contributed by atoms with Crippen LogP contribution < -0.4 is 10.6 Å². The molecular formula is C41H52N4O4S. The Labute approximate surface area is 301 Å². The molecule has 0 bridgehead atoms. The van der Waals surface area contributed by atoms with Crippen LogP contribution in [-0.2, 0) is 35.5 Å². The predicted octanol–water partition coefficient (Wildman–Crippen LogP) is 8.57. The zero-order chi connectivity index (χ0) is 35.9. The molecule has 0 unspecified atom stereocenters. The normalized spacial score (nSPS) is 13.0. The van der Waals surface area contributed by atoms with Gasteiger partial charge >= 0.3 is 12.1 Å². The Kier molecular flexibility index (Phi) is 15.0. The number of carbonyl (C=O) groups excluding carboxylic acids is 3. The maximum absolute atomic E-state index is 14.0. The third-order valence-electron chi connectivity index (χ3n) is 8.74. The Bertz CT molecular complexity index is 1610. The molecule has 0 saturated carbocycles. The molecule has 266 valence electrons. The van der Waals surface area contributed by atoms with Crippen molar-refractivity contribution in [3.8, 4) is 0 Å². The summed E-state index contributed by atoms with van der Waals surface area (Å²) in [4.78, 5) is 46.5. The van der Waals surface area contributed by atoms with Crippen molar-refractivity contribution in [2.75, 3.05) is 7.05 Å². The van der Waals surface area contributed by atoms with E-state index in [1.54, 1.807) is 23.3 Å². The van der Waals surface area contributed by atoms with Crippen LogP contribution in [0, 0.1) is 11.8 Å². The molecule has 50 heavy (non-hydrogen) atoms. The van der Waals surface area contributed by atoms with Crippen molar-refractivity contribution in [1.82, 2.24) is 20.5 Å². The van der Waals surface area contributed by atoms with Crippen molar-refractivity contribution in [3.63, 3.8) is 0 Å². The number of rotatable bonds is 18. The first-order valence-corrected chi connectivity index (χ1v) is 18.5. The van der Waals surface area contributed by atoms with Gasteiger partial charge in [-0.1, -0.05) is 119 Å². The molecule has 1 heterocycles. The molecule has 4 aromatic rings. The molecule has 0 saturated heterocycles. The molecule has 0 fully saturated rings. The van der Waals surface area contributed by atoms with Gasteiger partial charge in [-0.2, -0.15) is 0 Å². The Morgan fingerprint density at radius 2 is 1.36 bits per heavy atom. The van der Waals surface area contributed by atoms with Crippen molar-refractivity contribution in [1.29, 1.82) is 0 Å².